The fraction of sp³-hybridized carbons (Fsp3) is 0.118. The summed E-state index contributed by atoms with van der Waals surface area (Å²) in [5, 5.41) is 2.61. The predicted molar refractivity (Wildman–Crippen MR) is 101 cm³/mol. The molecule has 3 rings (SSSR count). The Morgan fingerprint density at radius 1 is 1.19 bits per heavy atom. The van der Waals surface area contributed by atoms with Gasteiger partial charge in [-0.1, -0.05) is 35.1 Å². The van der Waals surface area contributed by atoms with Crippen LogP contribution in [0.3, 0.4) is 0 Å². The van der Waals surface area contributed by atoms with Crippen LogP contribution in [0.5, 0.6) is 16.7 Å². The third kappa shape index (κ3) is 4.53. The standard InChI is InChI=1S/C17H15ClN2O4S2/c1-23-16-7-6-14(10-15(16)18)26(21,22)20-11-12-2-4-13(5-3-12)24-17-19-8-9-25-17/h2-10,20H,11H2,1H3. The van der Waals surface area contributed by atoms with E-state index in [1.165, 1.54) is 36.6 Å². The van der Waals surface area contributed by atoms with E-state index in [0.717, 1.165) is 5.56 Å². The largest absolute Gasteiger partial charge is 0.495 e. The molecule has 0 saturated heterocycles. The summed E-state index contributed by atoms with van der Waals surface area (Å²) in [5.41, 5.74) is 0.791. The van der Waals surface area contributed by atoms with E-state index in [1.54, 1.807) is 30.5 Å². The van der Waals surface area contributed by atoms with Crippen molar-refractivity contribution in [1.82, 2.24) is 9.71 Å². The molecule has 0 unspecified atom stereocenters. The topological polar surface area (TPSA) is 77.5 Å². The van der Waals surface area contributed by atoms with Crippen molar-refractivity contribution in [3.05, 3.63) is 64.6 Å². The first kappa shape index (κ1) is 18.7. The first-order valence-electron chi connectivity index (χ1n) is 7.47. The molecule has 136 valence electrons. The van der Waals surface area contributed by atoms with Crippen molar-refractivity contribution in [2.75, 3.05) is 7.11 Å². The van der Waals surface area contributed by atoms with Crippen LogP contribution in [0.4, 0.5) is 0 Å². The number of thiazole rings is 1. The van der Waals surface area contributed by atoms with Crippen LogP contribution in [0.1, 0.15) is 5.56 Å². The van der Waals surface area contributed by atoms with Gasteiger partial charge >= 0.3 is 0 Å². The van der Waals surface area contributed by atoms with E-state index in [9.17, 15) is 8.42 Å². The number of nitrogens with zero attached hydrogens (tertiary/aromatic N) is 1. The molecule has 2 aromatic carbocycles. The minimum Gasteiger partial charge on any atom is -0.495 e. The van der Waals surface area contributed by atoms with Crippen molar-refractivity contribution in [3.8, 4) is 16.7 Å². The Morgan fingerprint density at radius 3 is 2.58 bits per heavy atom. The first-order valence-corrected chi connectivity index (χ1v) is 10.2. The molecular weight excluding hydrogens is 396 g/mol. The van der Waals surface area contributed by atoms with Crippen LogP contribution in [0.15, 0.2) is 58.9 Å². The van der Waals surface area contributed by atoms with E-state index >= 15 is 0 Å². The molecule has 0 saturated carbocycles. The highest BCUT2D eigenvalue weighted by Crippen LogP contribution is 2.27. The molecule has 0 atom stereocenters. The lowest BCUT2D eigenvalue weighted by Gasteiger charge is -2.09. The zero-order valence-corrected chi connectivity index (χ0v) is 16.1. The molecule has 1 heterocycles. The van der Waals surface area contributed by atoms with Crippen LogP contribution in [-0.4, -0.2) is 20.5 Å². The summed E-state index contributed by atoms with van der Waals surface area (Å²) in [4.78, 5) is 4.12. The Balaban J connectivity index is 1.65. The van der Waals surface area contributed by atoms with Crippen molar-refractivity contribution < 1.29 is 17.9 Å². The molecule has 1 aromatic heterocycles. The van der Waals surface area contributed by atoms with Crippen molar-refractivity contribution in [2.45, 2.75) is 11.4 Å². The number of rotatable bonds is 7. The quantitative estimate of drug-likeness (QED) is 0.635. The normalized spacial score (nSPS) is 11.3. The van der Waals surface area contributed by atoms with Crippen LogP contribution in [0.2, 0.25) is 5.02 Å². The number of hydrogen-bond donors (Lipinski definition) is 1. The third-order valence-corrected chi connectivity index (χ3v) is 5.78. The molecule has 0 aliphatic carbocycles. The zero-order chi connectivity index (χ0) is 18.6. The third-order valence-electron chi connectivity index (χ3n) is 3.44. The highest BCUT2D eigenvalue weighted by molar-refractivity contribution is 7.89. The lowest BCUT2D eigenvalue weighted by molar-refractivity contribution is 0.414. The monoisotopic (exact) mass is 410 g/mol. The molecule has 26 heavy (non-hydrogen) atoms. The minimum absolute atomic E-state index is 0.0759. The van der Waals surface area contributed by atoms with Crippen LogP contribution < -0.4 is 14.2 Å². The molecule has 0 fully saturated rings. The van der Waals surface area contributed by atoms with Crippen LogP contribution >= 0.6 is 22.9 Å². The van der Waals surface area contributed by atoms with Gasteiger partial charge < -0.3 is 9.47 Å². The Labute approximate surface area is 160 Å². The maximum absolute atomic E-state index is 12.4. The number of nitrogens with one attached hydrogen (secondary N) is 1. The highest BCUT2D eigenvalue weighted by Gasteiger charge is 2.15. The molecule has 6 nitrogen and oxygen atoms in total. The SMILES string of the molecule is COc1ccc(S(=O)(=O)NCc2ccc(Oc3nccs3)cc2)cc1Cl. The Kier molecular flexibility index (Phi) is 5.77. The number of methoxy groups -OCH3 is 1. The highest BCUT2D eigenvalue weighted by atomic mass is 35.5. The van der Waals surface area contributed by atoms with Gasteiger partial charge in [-0.25, -0.2) is 18.1 Å². The Hall–Kier alpha value is -2.13. The van der Waals surface area contributed by atoms with E-state index in [0.29, 0.717) is 16.7 Å². The second kappa shape index (κ2) is 8.05. The average Bonchev–Trinajstić information content (AvgIpc) is 3.14. The number of ether oxygens (including phenoxy) is 2. The van der Waals surface area contributed by atoms with Gasteiger partial charge in [0.2, 0.25) is 10.0 Å². The summed E-state index contributed by atoms with van der Waals surface area (Å²) in [6.07, 6.45) is 1.66. The fourth-order valence-corrected chi connectivity index (χ4v) is 3.98. The molecule has 0 amide bonds. The summed E-state index contributed by atoms with van der Waals surface area (Å²) in [7, 11) is -2.22. The smallest absolute Gasteiger partial charge is 0.278 e. The van der Waals surface area contributed by atoms with Gasteiger partial charge in [0.15, 0.2) is 0 Å². The van der Waals surface area contributed by atoms with Gasteiger partial charge in [-0.2, -0.15) is 0 Å². The lowest BCUT2D eigenvalue weighted by Crippen LogP contribution is -2.23. The van der Waals surface area contributed by atoms with Crippen molar-refractivity contribution in [3.63, 3.8) is 0 Å². The van der Waals surface area contributed by atoms with Gasteiger partial charge in [0, 0.05) is 18.1 Å². The van der Waals surface area contributed by atoms with E-state index in [-0.39, 0.29) is 16.5 Å². The average molecular weight is 411 g/mol. The second-order valence-electron chi connectivity index (χ2n) is 5.16. The fourth-order valence-electron chi connectivity index (χ4n) is 2.11. The van der Waals surface area contributed by atoms with Crippen molar-refractivity contribution >= 4 is 33.0 Å². The Morgan fingerprint density at radius 2 is 1.96 bits per heavy atom. The van der Waals surface area contributed by atoms with E-state index in [4.69, 9.17) is 21.1 Å². The summed E-state index contributed by atoms with van der Waals surface area (Å²) >= 11 is 7.39. The molecule has 0 spiro atoms. The number of benzene rings is 2. The molecule has 0 aliphatic rings. The lowest BCUT2D eigenvalue weighted by atomic mass is 10.2. The molecule has 0 bridgehead atoms. The van der Waals surface area contributed by atoms with Gasteiger partial charge in [-0.05, 0) is 35.9 Å². The van der Waals surface area contributed by atoms with Crippen LogP contribution in [0.25, 0.3) is 0 Å². The minimum atomic E-state index is -3.69. The molecule has 0 aliphatic heterocycles. The number of aromatic nitrogens is 1. The van der Waals surface area contributed by atoms with Gasteiger partial charge in [0.25, 0.3) is 5.19 Å². The van der Waals surface area contributed by atoms with Gasteiger partial charge in [0.05, 0.1) is 17.0 Å². The summed E-state index contributed by atoms with van der Waals surface area (Å²) in [5.74, 6) is 1.05. The van der Waals surface area contributed by atoms with Gasteiger partial charge in [-0.15, -0.1) is 0 Å². The number of sulfonamides is 1. The Bertz CT molecular complexity index is 975. The molecular formula is C17H15ClN2O4S2. The van der Waals surface area contributed by atoms with E-state index in [1.807, 2.05) is 5.38 Å². The van der Waals surface area contributed by atoms with Gasteiger partial charge in [-0.3, -0.25) is 0 Å². The molecule has 9 heteroatoms. The maximum atomic E-state index is 12.4. The van der Waals surface area contributed by atoms with Gasteiger partial charge in [0.1, 0.15) is 11.5 Å². The second-order valence-corrected chi connectivity index (χ2v) is 8.20. The predicted octanol–water partition coefficient (Wildman–Crippen LogP) is 4.08. The van der Waals surface area contributed by atoms with Crippen LogP contribution in [-0.2, 0) is 16.6 Å². The van der Waals surface area contributed by atoms with E-state index < -0.39 is 10.0 Å². The molecule has 1 N–H and O–H groups in total. The summed E-state index contributed by atoms with van der Waals surface area (Å²) < 4.78 is 37.9. The number of hydrogen-bond acceptors (Lipinski definition) is 6. The van der Waals surface area contributed by atoms with Crippen molar-refractivity contribution in [1.29, 1.82) is 0 Å². The van der Waals surface area contributed by atoms with E-state index in [2.05, 4.69) is 9.71 Å². The number of halogens is 1. The maximum Gasteiger partial charge on any atom is 0.278 e. The summed E-state index contributed by atoms with van der Waals surface area (Å²) in [6, 6.07) is 11.4. The zero-order valence-electron chi connectivity index (χ0n) is 13.7. The molecule has 0 radical (unpaired) electrons. The van der Waals surface area contributed by atoms with Crippen molar-refractivity contribution in [2.24, 2.45) is 0 Å². The first-order chi connectivity index (χ1) is 12.5. The summed E-state index contributed by atoms with van der Waals surface area (Å²) in [6.45, 7) is 0.142. The molecule has 3 aromatic rings. The van der Waals surface area contributed by atoms with Crippen LogP contribution in [0, 0.1) is 0 Å².